The van der Waals surface area contributed by atoms with Crippen molar-refractivity contribution < 1.29 is 0 Å². The number of benzene rings is 2. The van der Waals surface area contributed by atoms with E-state index in [0.29, 0.717) is 0 Å². The summed E-state index contributed by atoms with van der Waals surface area (Å²) < 4.78 is 2.52. The molecule has 0 fully saturated rings. The molecule has 0 saturated heterocycles. The molecule has 0 amide bonds. The van der Waals surface area contributed by atoms with Crippen LogP contribution in [0.1, 0.15) is 11.1 Å². The summed E-state index contributed by atoms with van der Waals surface area (Å²) >= 11 is -1.26. The molecule has 0 aliphatic carbocycles. The van der Waals surface area contributed by atoms with Crippen molar-refractivity contribution in [3.05, 3.63) is 75.9 Å². The van der Waals surface area contributed by atoms with Crippen LogP contribution in [0, 0.1) is 0 Å². The van der Waals surface area contributed by atoms with E-state index in [-0.39, 0.29) is 0 Å². The molecule has 0 saturated carbocycles. The Hall–Kier alpha value is -1.02. The summed E-state index contributed by atoms with van der Waals surface area (Å²) in [6.45, 7) is 0. The van der Waals surface area contributed by atoms with Gasteiger partial charge in [0.2, 0.25) is 0 Å². The van der Waals surface area contributed by atoms with Crippen LogP contribution < -0.4 is 0 Å². The quantitative estimate of drug-likeness (QED) is 0.732. The molecule has 0 nitrogen and oxygen atoms in total. The predicted molar refractivity (Wildman–Crippen MR) is 77.4 cm³/mol. The summed E-state index contributed by atoms with van der Waals surface area (Å²) in [5.41, 5.74) is 4.08. The Bertz CT molecular complexity index is 442. The van der Waals surface area contributed by atoms with E-state index < -0.39 is 19.8 Å². The van der Waals surface area contributed by atoms with Crippen LogP contribution in [0.15, 0.2) is 64.8 Å². The summed E-state index contributed by atoms with van der Waals surface area (Å²) in [5.74, 6) is 0. The molecule has 0 aromatic heterocycles. The first kappa shape index (κ1) is 12.4. The molecule has 2 aromatic carbocycles. The van der Waals surface area contributed by atoms with Crippen molar-refractivity contribution in [1.82, 2.24) is 0 Å². The zero-order valence-corrected chi connectivity index (χ0v) is 13.2. The van der Waals surface area contributed by atoms with E-state index in [1.807, 2.05) is 0 Å². The summed E-state index contributed by atoms with van der Waals surface area (Å²) in [7, 11) is 0. The number of hydrogen-bond donors (Lipinski definition) is 0. The van der Waals surface area contributed by atoms with Crippen molar-refractivity contribution in [2.45, 2.75) is 9.88 Å². The molecule has 1 heteroatoms. The van der Waals surface area contributed by atoms with E-state index in [2.05, 4.69) is 74.6 Å². The zero-order valence-electron chi connectivity index (χ0n) is 10.4. The van der Waals surface area contributed by atoms with Gasteiger partial charge in [-0.2, -0.15) is 0 Å². The monoisotopic (exact) mass is 329 g/mol. The third-order valence-electron chi connectivity index (χ3n) is 2.60. The van der Waals surface area contributed by atoms with E-state index in [1.54, 1.807) is 0 Å². The molecule has 0 spiro atoms. The summed E-state index contributed by atoms with van der Waals surface area (Å²) in [4.78, 5) is 4.82. The van der Waals surface area contributed by atoms with Crippen LogP contribution in [-0.4, -0.2) is 19.8 Å². The third kappa shape index (κ3) is 3.47. The molecule has 2 rings (SSSR count). The number of rotatable bonds is 3. The second-order valence-corrected chi connectivity index (χ2v) is 11.3. The Kier molecular flexibility index (Phi) is 4.43. The van der Waals surface area contributed by atoms with Gasteiger partial charge in [-0.15, -0.1) is 0 Å². The molecule has 17 heavy (non-hydrogen) atoms. The fraction of sp³-hybridized carbons (Fsp3) is 0.125. The van der Waals surface area contributed by atoms with E-state index in [0.717, 1.165) is 0 Å². The van der Waals surface area contributed by atoms with E-state index in [4.69, 9.17) is 0 Å². The topological polar surface area (TPSA) is 0 Å². The molecule has 0 N–H and O–H groups in total. The minimum absolute atomic E-state index is 1.26. The fourth-order valence-electron chi connectivity index (χ4n) is 1.86. The van der Waals surface area contributed by atoms with Gasteiger partial charge in [-0.1, -0.05) is 0 Å². The minimum atomic E-state index is -1.26. The van der Waals surface area contributed by atoms with Gasteiger partial charge in [-0.3, -0.25) is 0 Å². The second-order valence-electron chi connectivity index (χ2n) is 4.37. The molecule has 0 aliphatic rings. The van der Waals surface area contributed by atoms with Gasteiger partial charge >= 0.3 is 111 Å². The van der Waals surface area contributed by atoms with Gasteiger partial charge in [0.15, 0.2) is 0 Å². The van der Waals surface area contributed by atoms with Crippen LogP contribution in [0.25, 0.3) is 5.57 Å². The summed E-state index contributed by atoms with van der Waals surface area (Å²) in [6, 6.07) is 21.4. The maximum absolute atomic E-state index is 2.52. The van der Waals surface area contributed by atoms with E-state index in [9.17, 15) is 0 Å². The normalized spacial score (nSPS) is 10.3. The van der Waals surface area contributed by atoms with Gasteiger partial charge < -0.3 is 0 Å². The van der Waals surface area contributed by atoms with Crippen molar-refractivity contribution in [3.8, 4) is 0 Å². The van der Waals surface area contributed by atoms with Crippen molar-refractivity contribution in [2.75, 3.05) is 0 Å². The van der Waals surface area contributed by atoms with Gasteiger partial charge in [0.05, 0.1) is 0 Å². The first-order valence-electron chi connectivity index (χ1n) is 5.90. The van der Waals surface area contributed by atoms with Gasteiger partial charge in [-0.05, 0) is 0 Å². The second kappa shape index (κ2) is 6.06. The fourth-order valence-corrected chi connectivity index (χ4v) is 4.46. The van der Waals surface area contributed by atoms with Crippen LogP contribution >= 0.6 is 0 Å². The SMILES string of the molecule is [CH3][Sn]([CH3])[CH]=C(c1ccccc1)c1ccccc1. The van der Waals surface area contributed by atoms with Crippen molar-refractivity contribution in [1.29, 1.82) is 0 Å². The van der Waals surface area contributed by atoms with Gasteiger partial charge in [0.25, 0.3) is 0 Å². The van der Waals surface area contributed by atoms with Crippen molar-refractivity contribution in [3.63, 3.8) is 0 Å². The average Bonchev–Trinajstić information content (AvgIpc) is 2.38. The Morgan fingerprint density at radius 2 is 1.18 bits per heavy atom. The van der Waals surface area contributed by atoms with Crippen LogP contribution in [-0.2, 0) is 0 Å². The molecule has 0 bridgehead atoms. The Morgan fingerprint density at radius 3 is 1.53 bits per heavy atom. The summed E-state index contributed by atoms with van der Waals surface area (Å²) in [5, 5.41) is 0. The van der Waals surface area contributed by atoms with Crippen molar-refractivity contribution >= 4 is 25.3 Å². The van der Waals surface area contributed by atoms with Crippen molar-refractivity contribution in [2.24, 2.45) is 0 Å². The van der Waals surface area contributed by atoms with Crippen LogP contribution in [0.2, 0.25) is 9.88 Å². The molecular formula is C16H17Sn. The third-order valence-corrected chi connectivity index (χ3v) is 5.07. The van der Waals surface area contributed by atoms with Crippen LogP contribution in [0.3, 0.4) is 0 Å². The Morgan fingerprint density at radius 1 is 0.765 bits per heavy atom. The maximum atomic E-state index is 2.52. The Labute approximate surface area is 111 Å². The molecule has 0 aliphatic heterocycles. The summed E-state index contributed by atoms with van der Waals surface area (Å²) in [6.07, 6.45) is 0. The molecule has 85 valence electrons. The molecule has 0 unspecified atom stereocenters. The Balaban J connectivity index is 2.47. The number of hydrogen-bond acceptors (Lipinski definition) is 0. The average molecular weight is 328 g/mol. The molecule has 1 radical (unpaired) electrons. The molecule has 0 heterocycles. The first-order chi connectivity index (χ1) is 8.27. The van der Waals surface area contributed by atoms with E-state index >= 15 is 0 Å². The van der Waals surface area contributed by atoms with Gasteiger partial charge in [0.1, 0.15) is 0 Å². The van der Waals surface area contributed by atoms with E-state index in [1.165, 1.54) is 16.7 Å². The molecule has 0 atom stereocenters. The molecular weight excluding hydrogens is 311 g/mol. The van der Waals surface area contributed by atoms with Crippen LogP contribution in [0.5, 0.6) is 0 Å². The van der Waals surface area contributed by atoms with Gasteiger partial charge in [0, 0.05) is 0 Å². The first-order valence-corrected chi connectivity index (χ1v) is 13.3. The van der Waals surface area contributed by atoms with Gasteiger partial charge in [-0.25, -0.2) is 0 Å². The molecule has 2 aromatic rings. The standard InChI is InChI=1S/C14H11.2CH3.Sn/c1-12(13-8-4-2-5-9-13)14-10-6-3-7-11-14;;;/h1-11H;2*1H3;. The predicted octanol–water partition coefficient (Wildman–Crippen LogP) is 4.41. The zero-order chi connectivity index (χ0) is 12.1. The van der Waals surface area contributed by atoms with Crippen LogP contribution in [0.4, 0.5) is 0 Å².